The zero-order valence-electron chi connectivity index (χ0n) is 18.9. The highest BCUT2D eigenvalue weighted by Gasteiger charge is 2.30. The van der Waals surface area contributed by atoms with Crippen molar-refractivity contribution in [2.45, 2.75) is 13.1 Å². The van der Waals surface area contributed by atoms with Crippen LogP contribution in [0.5, 0.6) is 5.75 Å². The van der Waals surface area contributed by atoms with Gasteiger partial charge in [0.05, 0.1) is 5.56 Å². The number of halogens is 3. The Morgan fingerprint density at radius 3 is 2.31 bits per heavy atom. The van der Waals surface area contributed by atoms with Crippen LogP contribution >= 0.6 is 0 Å². The van der Waals surface area contributed by atoms with Crippen LogP contribution in [-0.4, -0.2) is 33.6 Å². The van der Waals surface area contributed by atoms with Crippen molar-refractivity contribution in [2.24, 2.45) is 0 Å². The van der Waals surface area contributed by atoms with E-state index in [4.69, 9.17) is 4.74 Å². The van der Waals surface area contributed by atoms with Gasteiger partial charge in [0.15, 0.2) is 12.4 Å². The quantitative estimate of drug-likeness (QED) is 0.332. The largest absolute Gasteiger partial charge is 0.484 e. The van der Waals surface area contributed by atoms with Gasteiger partial charge in [-0.05, 0) is 61.5 Å². The van der Waals surface area contributed by atoms with E-state index in [9.17, 15) is 22.8 Å². The number of carbonyl (C=O) groups is 2. The molecule has 0 spiro atoms. The summed E-state index contributed by atoms with van der Waals surface area (Å²) in [6.45, 7) is 1.37. The summed E-state index contributed by atoms with van der Waals surface area (Å²) >= 11 is 0. The van der Waals surface area contributed by atoms with Gasteiger partial charge in [0, 0.05) is 22.5 Å². The third-order valence-corrected chi connectivity index (χ3v) is 4.94. The number of aromatic amines is 1. The number of aromatic nitrogens is 3. The van der Waals surface area contributed by atoms with Crippen molar-refractivity contribution in [1.82, 2.24) is 15.2 Å². The average molecular weight is 495 g/mol. The van der Waals surface area contributed by atoms with Crippen molar-refractivity contribution in [3.63, 3.8) is 0 Å². The number of amides is 2. The second-order valence-corrected chi connectivity index (χ2v) is 7.72. The molecule has 11 heteroatoms. The molecule has 0 atom stereocenters. The predicted molar refractivity (Wildman–Crippen MR) is 127 cm³/mol. The number of hydrogen-bond acceptors (Lipinski definition) is 5. The number of anilines is 2. The summed E-state index contributed by atoms with van der Waals surface area (Å²) in [6, 6.07) is 17.5. The molecule has 1 heterocycles. The van der Waals surface area contributed by atoms with E-state index in [-0.39, 0.29) is 11.6 Å². The zero-order chi connectivity index (χ0) is 25.7. The van der Waals surface area contributed by atoms with Crippen molar-refractivity contribution in [1.29, 1.82) is 0 Å². The fourth-order valence-corrected chi connectivity index (χ4v) is 3.23. The highest BCUT2D eigenvalue weighted by atomic mass is 19.4. The lowest BCUT2D eigenvalue weighted by Gasteiger charge is -2.11. The summed E-state index contributed by atoms with van der Waals surface area (Å²) in [6.07, 6.45) is -4.51. The Labute approximate surface area is 203 Å². The van der Waals surface area contributed by atoms with Gasteiger partial charge in [-0.3, -0.25) is 14.7 Å². The highest BCUT2D eigenvalue weighted by Crippen LogP contribution is 2.30. The van der Waals surface area contributed by atoms with Crippen LogP contribution in [-0.2, 0) is 11.0 Å². The van der Waals surface area contributed by atoms with E-state index in [1.165, 1.54) is 36.4 Å². The molecule has 4 rings (SSSR count). The van der Waals surface area contributed by atoms with Crippen molar-refractivity contribution in [3.8, 4) is 17.1 Å². The number of hydrogen-bond donors (Lipinski definition) is 3. The predicted octanol–water partition coefficient (Wildman–Crippen LogP) is 5.07. The van der Waals surface area contributed by atoms with Crippen LogP contribution < -0.4 is 15.4 Å². The van der Waals surface area contributed by atoms with Crippen molar-refractivity contribution in [3.05, 3.63) is 89.7 Å². The van der Waals surface area contributed by atoms with E-state index in [1.54, 1.807) is 25.1 Å². The van der Waals surface area contributed by atoms with Gasteiger partial charge < -0.3 is 15.4 Å². The molecule has 1 aromatic heterocycles. The molecule has 2 amide bonds. The summed E-state index contributed by atoms with van der Waals surface area (Å²) in [5.41, 5.74) is 0.799. The standard InChI is InChI=1S/C25H20F3N5O3/c1-15-29-23(33-32-15)17-4-2-6-19(12-17)31-24(35)16-8-10-21(11-9-16)36-14-22(34)30-20-7-3-5-18(13-20)25(26,27)28/h2-13H,14H2,1H3,(H,30,34)(H,31,35)(H,29,32,33). The average Bonchev–Trinajstić information content (AvgIpc) is 3.29. The van der Waals surface area contributed by atoms with Crippen LogP contribution in [0.2, 0.25) is 0 Å². The molecule has 0 saturated heterocycles. The Kier molecular flexibility index (Phi) is 7.00. The first-order valence-corrected chi connectivity index (χ1v) is 10.7. The first kappa shape index (κ1) is 24.5. The number of nitrogens with zero attached hydrogens (tertiary/aromatic N) is 2. The molecular formula is C25H20F3N5O3. The summed E-state index contributed by atoms with van der Waals surface area (Å²) < 4.78 is 43.8. The first-order valence-electron chi connectivity index (χ1n) is 10.7. The maximum atomic E-state index is 12.8. The fraction of sp³-hybridized carbons (Fsp3) is 0.120. The smallest absolute Gasteiger partial charge is 0.416 e. The normalized spacial score (nSPS) is 11.1. The highest BCUT2D eigenvalue weighted by molar-refractivity contribution is 6.04. The minimum atomic E-state index is -4.51. The Bertz CT molecular complexity index is 1380. The summed E-state index contributed by atoms with van der Waals surface area (Å²) in [7, 11) is 0. The Morgan fingerprint density at radius 2 is 1.64 bits per heavy atom. The van der Waals surface area contributed by atoms with Gasteiger partial charge in [-0.15, -0.1) is 0 Å². The number of rotatable bonds is 7. The Hall–Kier alpha value is -4.67. The monoisotopic (exact) mass is 495 g/mol. The van der Waals surface area contributed by atoms with Crippen LogP contribution in [0.25, 0.3) is 11.4 Å². The number of ether oxygens (including phenoxy) is 1. The second kappa shape index (κ2) is 10.3. The molecule has 0 radical (unpaired) electrons. The minimum absolute atomic E-state index is 0.00715. The maximum Gasteiger partial charge on any atom is 0.416 e. The number of aryl methyl sites for hydroxylation is 1. The van der Waals surface area contributed by atoms with Gasteiger partial charge in [0.2, 0.25) is 0 Å². The molecule has 8 nitrogen and oxygen atoms in total. The van der Waals surface area contributed by atoms with Crippen LogP contribution in [0.4, 0.5) is 24.5 Å². The number of H-pyrrole nitrogens is 1. The number of alkyl halides is 3. The fourth-order valence-electron chi connectivity index (χ4n) is 3.23. The van der Waals surface area contributed by atoms with Gasteiger partial charge in [-0.2, -0.15) is 18.3 Å². The van der Waals surface area contributed by atoms with Crippen LogP contribution in [0.1, 0.15) is 21.7 Å². The SMILES string of the molecule is Cc1nc(-c2cccc(NC(=O)c3ccc(OCC(=O)Nc4cccc(C(F)(F)F)c4)cc3)c2)n[nH]1. The molecule has 0 saturated carbocycles. The maximum absolute atomic E-state index is 12.8. The van der Waals surface area contributed by atoms with Crippen LogP contribution in [0, 0.1) is 6.92 Å². The summed E-state index contributed by atoms with van der Waals surface area (Å²) in [4.78, 5) is 28.9. The third-order valence-electron chi connectivity index (χ3n) is 4.94. The molecule has 3 aromatic carbocycles. The molecule has 0 aliphatic carbocycles. The lowest BCUT2D eigenvalue weighted by molar-refractivity contribution is -0.137. The molecule has 36 heavy (non-hydrogen) atoms. The molecule has 4 aromatic rings. The van der Waals surface area contributed by atoms with Crippen molar-refractivity contribution >= 4 is 23.2 Å². The zero-order valence-corrected chi connectivity index (χ0v) is 18.9. The van der Waals surface area contributed by atoms with Gasteiger partial charge in [-0.25, -0.2) is 4.98 Å². The van der Waals surface area contributed by atoms with Crippen molar-refractivity contribution in [2.75, 3.05) is 17.2 Å². The molecule has 0 aliphatic rings. The molecule has 0 aliphatic heterocycles. The van der Waals surface area contributed by atoms with Crippen molar-refractivity contribution < 1.29 is 27.5 Å². The molecule has 0 bridgehead atoms. The van der Waals surface area contributed by atoms with E-state index in [0.29, 0.717) is 28.6 Å². The molecule has 0 unspecified atom stereocenters. The number of nitrogens with one attached hydrogen (secondary N) is 3. The first-order chi connectivity index (χ1) is 17.2. The molecule has 0 fully saturated rings. The number of benzene rings is 3. The molecule has 184 valence electrons. The van der Waals surface area contributed by atoms with Gasteiger partial charge in [0.25, 0.3) is 11.8 Å². The van der Waals surface area contributed by atoms with Gasteiger partial charge in [0.1, 0.15) is 11.6 Å². The lowest BCUT2D eigenvalue weighted by Crippen LogP contribution is -2.20. The van der Waals surface area contributed by atoms with Crippen LogP contribution in [0.15, 0.2) is 72.8 Å². The minimum Gasteiger partial charge on any atom is -0.484 e. The van der Waals surface area contributed by atoms with Crippen LogP contribution in [0.3, 0.4) is 0 Å². The number of carbonyl (C=O) groups excluding carboxylic acids is 2. The molecule has 3 N–H and O–H groups in total. The van der Waals surface area contributed by atoms with E-state index >= 15 is 0 Å². The molecular weight excluding hydrogens is 475 g/mol. The summed E-state index contributed by atoms with van der Waals surface area (Å²) in [5.74, 6) is 0.523. The second-order valence-electron chi connectivity index (χ2n) is 7.72. The lowest BCUT2D eigenvalue weighted by atomic mass is 10.1. The van der Waals surface area contributed by atoms with Gasteiger partial charge in [-0.1, -0.05) is 18.2 Å². The van der Waals surface area contributed by atoms with E-state index in [1.807, 2.05) is 6.07 Å². The van der Waals surface area contributed by atoms with E-state index in [2.05, 4.69) is 25.8 Å². The van der Waals surface area contributed by atoms with Gasteiger partial charge >= 0.3 is 6.18 Å². The Balaban J connectivity index is 1.31. The topological polar surface area (TPSA) is 109 Å². The van der Waals surface area contributed by atoms with E-state index < -0.39 is 24.3 Å². The summed E-state index contributed by atoms with van der Waals surface area (Å²) in [5, 5.41) is 12.0. The Morgan fingerprint density at radius 1 is 0.944 bits per heavy atom. The van der Waals surface area contributed by atoms with E-state index in [0.717, 1.165) is 17.7 Å². The third kappa shape index (κ3) is 6.26.